The number of para-hydroxylation sites is 1. The molecule has 1 aliphatic rings. The summed E-state index contributed by atoms with van der Waals surface area (Å²) in [6.45, 7) is 9.14. The Labute approximate surface area is 121 Å². The number of anilines is 1. The van der Waals surface area contributed by atoms with E-state index < -0.39 is 0 Å². The van der Waals surface area contributed by atoms with Gasteiger partial charge in [0.05, 0.1) is 0 Å². The lowest BCUT2D eigenvalue weighted by Crippen LogP contribution is -2.41. The van der Waals surface area contributed by atoms with Crippen molar-refractivity contribution in [2.75, 3.05) is 25.0 Å². The Hall–Kier alpha value is -1.55. The van der Waals surface area contributed by atoms with Gasteiger partial charge in [-0.05, 0) is 50.9 Å². The predicted octanol–water partition coefficient (Wildman–Crippen LogP) is 2.91. The highest BCUT2D eigenvalue weighted by atomic mass is 16.2. The van der Waals surface area contributed by atoms with Crippen molar-refractivity contribution >= 4 is 11.7 Å². The molecule has 2 N–H and O–H groups in total. The molecule has 20 heavy (non-hydrogen) atoms. The fourth-order valence-electron chi connectivity index (χ4n) is 2.92. The van der Waals surface area contributed by atoms with Crippen molar-refractivity contribution < 1.29 is 4.79 Å². The maximum Gasteiger partial charge on any atom is 0.319 e. The topological polar surface area (TPSA) is 44.4 Å². The molecule has 0 saturated carbocycles. The number of hydrogen-bond acceptors (Lipinski definition) is 2. The van der Waals surface area contributed by atoms with E-state index >= 15 is 0 Å². The molecule has 1 atom stereocenters. The van der Waals surface area contributed by atoms with Gasteiger partial charge >= 0.3 is 6.03 Å². The number of aryl methyl sites for hydroxylation is 2. The summed E-state index contributed by atoms with van der Waals surface area (Å²) in [6.07, 6.45) is 2.41. The second-order valence-electron chi connectivity index (χ2n) is 5.53. The third-order valence-corrected chi connectivity index (χ3v) is 4.12. The van der Waals surface area contributed by atoms with Gasteiger partial charge < -0.3 is 10.6 Å². The first-order chi connectivity index (χ1) is 9.61. The van der Waals surface area contributed by atoms with Crippen molar-refractivity contribution in [2.24, 2.45) is 0 Å². The van der Waals surface area contributed by atoms with E-state index in [1.807, 2.05) is 32.0 Å². The average Bonchev–Trinajstić information content (AvgIpc) is 2.88. The fourth-order valence-corrected chi connectivity index (χ4v) is 2.92. The van der Waals surface area contributed by atoms with E-state index in [-0.39, 0.29) is 6.03 Å². The van der Waals surface area contributed by atoms with E-state index in [4.69, 9.17) is 0 Å². The Kier molecular flexibility index (Phi) is 5.01. The van der Waals surface area contributed by atoms with Gasteiger partial charge in [-0.1, -0.05) is 25.1 Å². The highest BCUT2D eigenvalue weighted by molar-refractivity contribution is 5.90. The number of nitrogens with one attached hydrogen (secondary N) is 2. The second kappa shape index (κ2) is 6.75. The van der Waals surface area contributed by atoms with E-state index in [1.54, 1.807) is 0 Å². The normalized spacial score (nSPS) is 19.1. The summed E-state index contributed by atoms with van der Waals surface area (Å²) in [5.74, 6) is 0. The smallest absolute Gasteiger partial charge is 0.319 e. The molecule has 0 spiro atoms. The quantitative estimate of drug-likeness (QED) is 0.887. The number of amides is 2. The molecule has 4 heteroatoms. The zero-order valence-electron chi connectivity index (χ0n) is 12.7. The first kappa shape index (κ1) is 14.9. The Morgan fingerprint density at radius 2 is 2.05 bits per heavy atom. The van der Waals surface area contributed by atoms with Crippen molar-refractivity contribution in [3.8, 4) is 0 Å². The molecule has 1 fully saturated rings. The first-order valence-electron chi connectivity index (χ1n) is 7.47. The fraction of sp³-hybridized carbons (Fsp3) is 0.562. The summed E-state index contributed by atoms with van der Waals surface area (Å²) in [5.41, 5.74) is 3.11. The molecule has 110 valence electrons. The molecular weight excluding hydrogens is 250 g/mol. The molecule has 1 aliphatic heterocycles. The van der Waals surface area contributed by atoms with Crippen molar-refractivity contribution in [1.82, 2.24) is 10.2 Å². The summed E-state index contributed by atoms with van der Waals surface area (Å²) in [5, 5.41) is 5.97. The lowest BCUT2D eigenvalue weighted by molar-refractivity contribution is 0.238. The van der Waals surface area contributed by atoms with E-state index in [9.17, 15) is 4.79 Å². The Balaban J connectivity index is 1.87. The van der Waals surface area contributed by atoms with Crippen molar-refractivity contribution in [3.05, 3.63) is 29.3 Å². The molecule has 1 aromatic carbocycles. The molecule has 2 amide bonds. The molecular formula is C16H25N3O. The minimum atomic E-state index is -0.106. The molecule has 0 unspecified atom stereocenters. The lowest BCUT2D eigenvalue weighted by Gasteiger charge is -2.23. The average molecular weight is 275 g/mol. The van der Waals surface area contributed by atoms with Crippen LogP contribution in [0.2, 0.25) is 0 Å². The van der Waals surface area contributed by atoms with Crippen LogP contribution < -0.4 is 10.6 Å². The number of urea groups is 1. The van der Waals surface area contributed by atoms with Crippen molar-refractivity contribution in [3.63, 3.8) is 0 Å². The van der Waals surface area contributed by atoms with Crippen molar-refractivity contribution in [2.45, 2.75) is 39.7 Å². The van der Waals surface area contributed by atoms with E-state index in [1.165, 1.54) is 12.8 Å². The van der Waals surface area contributed by atoms with Gasteiger partial charge in [0, 0.05) is 18.3 Å². The monoisotopic (exact) mass is 275 g/mol. The second-order valence-corrected chi connectivity index (χ2v) is 5.53. The van der Waals surface area contributed by atoms with Crippen LogP contribution in [0.4, 0.5) is 10.5 Å². The Morgan fingerprint density at radius 3 is 2.70 bits per heavy atom. The van der Waals surface area contributed by atoms with Crippen LogP contribution in [0.25, 0.3) is 0 Å². The summed E-state index contributed by atoms with van der Waals surface area (Å²) in [6, 6.07) is 6.41. The van der Waals surface area contributed by atoms with Gasteiger partial charge in [0.15, 0.2) is 0 Å². The SMILES string of the molecule is CCN1CCC[C@@H]1CNC(=O)Nc1c(C)cccc1C. The predicted molar refractivity (Wildman–Crippen MR) is 83.2 cm³/mol. The molecule has 1 heterocycles. The summed E-state index contributed by atoms with van der Waals surface area (Å²) in [4.78, 5) is 14.5. The number of likely N-dealkylation sites (tertiary alicyclic amines) is 1. The van der Waals surface area contributed by atoms with Gasteiger partial charge in [0.25, 0.3) is 0 Å². The molecule has 0 radical (unpaired) electrons. The van der Waals surface area contributed by atoms with Gasteiger partial charge in [-0.25, -0.2) is 4.79 Å². The number of benzene rings is 1. The number of carbonyl (C=O) groups excluding carboxylic acids is 1. The lowest BCUT2D eigenvalue weighted by atomic mass is 10.1. The van der Waals surface area contributed by atoms with E-state index in [0.29, 0.717) is 6.04 Å². The molecule has 4 nitrogen and oxygen atoms in total. The first-order valence-corrected chi connectivity index (χ1v) is 7.47. The molecule has 1 saturated heterocycles. The van der Waals surface area contributed by atoms with Crippen LogP contribution in [0.3, 0.4) is 0 Å². The van der Waals surface area contributed by atoms with Crippen LogP contribution in [0.15, 0.2) is 18.2 Å². The Morgan fingerprint density at radius 1 is 1.35 bits per heavy atom. The number of likely N-dealkylation sites (N-methyl/N-ethyl adjacent to an activating group) is 1. The largest absolute Gasteiger partial charge is 0.336 e. The summed E-state index contributed by atoms with van der Waals surface area (Å²) < 4.78 is 0. The third kappa shape index (κ3) is 3.51. The minimum Gasteiger partial charge on any atom is -0.336 e. The van der Waals surface area contributed by atoms with Crippen LogP contribution >= 0.6 is 0 Å². The Bertz CT molecular complexity index is 453. The third-order valence-electron chi connectivity index (χ3n) is 4.12. The number of nitrogens with zero attached hydrogens (tertiary/aromatic N) is 1. The van der Waals surface area contributed by atoms with Crippen molar-refractivity contribution in [1.29, 1.82) is 0 Å². The number of rotatable bonds is 4. The highest BCUT2D eigenvalue weighted by Crippen LogP contribution is 2.19. The zero-order valence-corrected chi connectivity index (χ0v) is 12.7. The van der Waals surface area contributed by atoms with Crippen LogP contribution in [0, 0.1) is 13.8 Å². The summed E-state index contributed by atoms with van der Waals surface area (Å²) in [7, 11) is 0. The van der Waals surface area contributed by atoms with Gasteiger partial charge in [0.2, 0.25) is 0 Å². The maximum atomic E-state index is 12.0. The van der Waals surface area contributed by atoms with Gasteiger partial charge in [-0.3, -0.25) is 4.90 Å². The van der Waals surface area contributed by atoms with Crippen LogP contribution in [-0.4, -0.2) is 36.6 Å². The standard InChI is InChI=1S/C16H25N3O/c1-4-19-10-6-9-14(19)11-17-16(20)18-15-12(2)7-5-8-13(15)3/h5,7-8,14H,4,6,9-11H2,1-3H3,(H2,17,18,20)/t14-/m1/s1. The number of carbonyl (C=O) groups is 1. The molecule has 0 aromatic heterocycles. The van der Waals surface area contributed by atoms with E-state index in [2.05, 4.69) is 22.5 Å². The van der Waals surface area contributed by atoms with Gasteiger partial charge in [-0.15, -0.1) is 0 Å². The molecule has 2 rings (SSSR count). The van der Waals surface area contributed by atoms with Crippen LogP contribution in [0.5, 0.6) is 0 Å². The highest BCUT2D eigenvalue weighted by Gasteiger charge is 2.23. The maximum absolute atomic E-state index is 12.0. The van der Waals surface area contributed by atoms with Gasteiger partial charge in [0.1, 0.15) is 0 Å². The van der Waals surface area contributed by atoms with Crippen LogP contribution in [0.1, 0.15) is 30.9 Å². The summed E-state index contributed by atoms with van der Waals surface area (Å²) >= 11 is 0. The molecule has 0 bridgehead atoms. The van der Waals surface area contributed by atoms with E-state index in [0.717, 1.165) is 36.4 Å². The molecule has 1 aromatic rings. The zero-order chi connectivity index (χ0) is 14.5. The van der Waals surface area contributed by atoms with Gasteiger partial charge in [-0.2, -0.15) is 0 Å². The number of hydrogen-bond donors (Lipinski definition) is 2. The molecule has 0 aliphatic carbocycles. The minimum absolute atomic E-state index is 0.106. The van der Waals surface area contributed by atoms with Crippen LogP contribution in [-0.2, 0) is 0 Å².